The first-order valence-electron chi connectivity index (χ1n) is 15.1. The van der Waals surface area contributed by atoms with Crippen LogP contribution in [0.15, 0.2) is 48.8 Å². The zero-order chi connectivity index (χ0) is 36.9. The van der Waals surface area contributed by atoms with Gasteiger partial charge in [-0.05, 0) is 66.8 Å². The van der Waals surface area contributed by atoms with Crippen LogP contribution in [0.1, 0.15) is 84.5 Å². The van der Waals surface area contributed by atoms with E-state index in [1.165, 1.54) is 12.4 Å². The van der Waals surface area contributed by atoms with Crippen molar-refractivity contribution in [2.45, 2.75) is 68.9 Å². The minimum absolute atomic E-state index is 0.0346. The van der Waals surface area contributed by atoms with Crippen molar-refractivity contribution in [3.05, 3.63) is 82.4 Å². The molecule has 1 aliphatic heterocycles. The summed E-state index contributed by atoms with van der Waals surface area (Å²) in [5.74, 6) is -3.87. The van der Waals surface area contributed by atoms with Crippen LogP contribution in [0.4, 0.5) is 36.8 Å². The van der Waals surface area contributed by atoms with Gasteiger partial charge in [0.25, 0.3) is 0 Å². The number of aromatic nitrogens is 2. The van der Waals surface area contributed by atoms with Crippen molar-refractivity contribution < 1.29 is 50.5 Å². The van der Waals surface area contributed by atoms with Crippen molar-refractivity contribution in [3.63, 3.8) is 0 Å². The molecule has 264 valence electrons. The predicted octanol–water partition coefficient (Wildman–Crippen LogP) is 6.87. The van der Waals surface area contributed by atoms with Gasteiger partial charge in [0.1, 0.15) is 12.4 Å². The molecule has 2 aromatic carbocycles. The molecule has 50 heavy (non-hydrogen) atoms. The molecular formula is C33H30F6N6O5. The zero-order valence-corrected chi connectivity index (χ0v) is 26.4. The molecule has 0 spiro atoms. The van der Waals surface area contributed by atoms with Crippen molar-refractivity contribution >= 4 is 17.7 Å². The Morgan fingerprint density at radius 1 is 1.06 bits per heavy atom. The maximum absolute atomic E-state index is 14.1. The van der Waals surface area contributed by atoms with Crippen molar-refractivity contribution in [3.8, 4) is 17.9 Å². The fourth-order valence-corrected chi connectivity index (χ4v) is 5.75. The Morgan fingerprint density at radius 3 is 2.32 bits per heavy atom. The highest BCUT2D eigenvalue weighted by Gasteiger charge is 2.49. The van der Waals surface area contributed by atoms with E-state index in [2.05, 4.69) is 9.97 Å². The lowest BCUT2D eigenvalue weighted by molar-refractivity contribution is -0.138. The number of hydrogen-bond donors (Lipinski definition) is 2. The molecule has 0 bridgehead atoms. The number of carbonyl (C=O) groups is 2. The highest BCUT2D eigenvalue weighted by Crippen LogP contribution is 2.52. The van der Waals surface area contributed by atoms with E-state index in [0.29, 0.717) is 18.6 Å². The minimum atomic E-state index is -4.92. The first-order chi connectivity index (χ1) is 23.5. The largest absolute Gasteiger partial charge is 0.490 e. The normalized spacial score (nSPS) is 18.0. The van der Waals surface area contributed by atoms with E-state index in [1.54, 1.807) is 13.0 Å². The summed E-state index contributed by atoms with van der Waals surface area (Å²) in [5, 5.41) is 27.4. The van der Waals surface area contributed by atoms with Crippen LogP contribution in [0.5, 0.6) is 5.75 Å². The highest BCUT2D eigenvalue weighted by atomic mass is 19.4. The Bertz CT molecular complexity index is 1800. The van der Waals surface area contributed by atoms with Crippen LogP contribution in [0.3, 0.4) is 0 Å². The van der Waals surface area contributed by atoms with Crippen molar-refractivity contribution in [2.24, 2.45) is 5.73 Å². The lowest BCUT2D eigenvalue weighted by Gasteiger charge is -2.48. The van der Waals surface area contributed by atoms with Crippen LogP contribution in [-0.2, 0) is 21.9 Å². The topological polar surface area (TPSA) is 175 Å². The monoisotopic (exact) mass is 704 g/mol. The van der Waals surface area contributed by atoms with Gasteiger partial charge < -0.3 is 20.3 Å². The van der Waals surface area contributed by atoms with Gasteiger partial charge >= 0.3 is 24.4 Å². The number of benzene rings is 2. The van der Waals surface area contributed by atoms with Gasteiger partial charge in [0.15, 0.2) is 5.75 Å². The van der Waals surface area contributed by atoms with E-state index < -0.39 is 71.6 Å². The van der Waals surface area contributed by atoms with Gasteiger partial charge in [-0.2, -0.15) is 36.9 Å². The number of nitriles is 2. The Morgan fingerprint density at radius 2 is 1.74 bits per heavy atom. The molecule has 3 N–H and O–H groups in total. The molecule has 1 aliphatic rings. The smallest absolute Gasteiger partial charge is 0.416 e. The van der Waals surface area contributed by atoms with Crippen LogP contribution in [0.2, 0.25) is 0 Å². The van der Waals surface area contributed by atoms with E-state index in [1.807, 2.05) is 6.07 Å². The number of unbranched alkanes of at least 4 members (excludes halogenated alkanes) is 1. The average Bonchev–Trinajstić information content (AvgIpc) is 3.06. The van der Waals surface area contributed by atoms with Crippen LogP contribution in [0, 0.1) is 22.7 Å². The van der Waals surface area contributed by atoms with Crippen molar-refractivity contribution in [1.29, 1.82) is 10.5 Å². The van der Waals surface area contributed by atoms with E-state index >= 15 is 0 Å². The minimum Gasteiger partial charge on any atom is -0.490 e. The molecule has 1 amide bonds. The van der Waals surface area contributed by atoms with E-state index in [9.17, 15) is 41.2 Å². The number of nitrogens with two attached hydrogens (primary N) is 1. The Labute approximate surface area is 281 Å². The third-order valence-corrected chi connectivity index (χ3v) is 8.15. The van der Waals surface area contributed by atoms with Gasteiger partial charge in [-0.15, -0.1) is 0 Å². The number of carboxylic acid groups (broad SMARTS) is 1. The summed E-state index contributed by atoms with van der Waals surface area (Å²) in [6.45, 7) is 1.12. The van der Waals surface area contributed by atoms with Gasteiger partial charge in [0.05, 0.1) is 71.5 Å². The summed E-state index contributed by atoms with van der Waals surface area (Å²) in [5.41, 5.74) is 1.85. The summed E-state index contributed by atoms with van der Waals surface area (Å²) in [4.78, 5) is 34.0. The van der Waals surface area contributed by atoms with E-state index in [-0.39, 0.29) is 54.3 Å². The second-order valence-corrected chi connectivity index (χ2v) is 11.5. The van der Waals surface area contributed by atoms with Gasteiger partial charge in [-0.25, -0.2) is 14.8 Å². The molecule has 0 fully saturated rings. The van der Waals surface area contributed by atoms with Crippen molar-refractivity contribution in [2.75, 3.05) is 18.1 Å². The first kappa shape index (κ1) is 37.4. The van der Waals surface area contributed by atoms with Crippen LogP contribution in [0.25, 0.3) is 0 Å². The Kier molecular flexibility index (Phi) is 11.2. The number of nitrogens with zero attached hydrogens (tertiary/aromatic N) is 5. The molecule has 3 atom stereocenters. The fourth-order valence-electron chi connectivity index (χ4n) is 5.75. The van der Waals surface area contributed by atoms with Gasteiger partial charge in [-0.3, -0.25) is 9.69 Å². The standard InChI is InChI=1S/C33H30F6N6O5/c1-2-31(42)15-25(24-14-21(32(34,35)36)5-6-26(24)45(31)30(48)50-10-7-27(46)47)28(20-11-19(16-41)12-22(13-20)33(37,38)39)29-43-17-23(18-44-29)49-9-4-3-8-40/h5-6,11-14,17-18,25,28H,2-4,7,9-10,15,42H2,1H3,(H,46,47)/t25-,28?,31-/m1/s1. The quantitative estimate of drug-likeness (QED) is 0.158. The van der Waals surface area contributed by atoms with E-state index in [0.717, 1.165) is 29.2 Å². The second kappa shape index (κ2) is 15.0. The number of halogens is 6. The zero-order valence-electron chi connectivity index (χ0n) is 26.4. The summed E-state index contributed by atoms with van der Waals surface area (Å²) in [6, 6.07) is 8.64. The molecule has 0 radical (unpaired) electrons. The molecule has 0 saturated heterocycles. The molecule has 0 aliphatic carbocycles. The molecule has 2 heterocycles. The fraction of sp³-hybridized carbons (Fsp3) is 0.394. The van der Waals surface area contributed by atoms with Crippen LogP contribution in [-0.4, -0.2) is 46.0 Å². The third kappa shape index (κ3) is 8.41. The van der Waals surface area contributed by atoms with Gasteiger partial charge in [0, 0.05) is 12.3 Å². The summed E-state index contributed by atoms with van der Waals surface area (Å²) in [6.07, 6.45) is -8.87. The molecule has 11 nitrogen and oxygen atoms in total. The Balaban J connectivity index is 1.97. The predicted molar refractivity (Wildman–Crippen MR) is 162 cm³/mol. The van der Waals surface area contributed by atoms with Crippen molar-refractivity contribution in [1.82, 2.24) is 9.97 Å². The SMILES string of the molecule is CC[C@]1(N)C[C@@H](C(c2cc(C#N)cc(C(F)(F)F)c2)c2ncc(OCCCC#N)cn2)c2cc(C(F)(F)F)ccc2N1C(=O)OCCC(=O)O. The molecule has 0 saturated carbocycles. The lowest BCUT2D eigenvalue weighted by atomic mass is 9.71. The first-order valence-corrected chi connectivity index (χ1v) is 15.1. The van der Waals surface area contributed by atoms with Crippen LogP contribution < -0.4 is 15.4 Å². The van der Waals surface area contributed by atoms with E-state index in [4.69, 9.17) is 25.6 Å². The Hall–Kier alpha value is -5.42. The number of alkyl halides is 6. The second-order valence-electron chi connectivity index (χ2n) is 11.5. The van der Waals surface area contributed by atoms with Gasteiger partial charge in [-0.1, -0.05) is 6.92 Å². The third-order valence-electron chi connectivity index (χ3n) is 8.15. The molecule has 3 aromatic rings. The number of rotatable bonds is 11. The number of amides is 1. The maximum atomic E-state index is 14.1. The number of hydrogen-bond acceptors (Lipinski definition) is 9. The number of ether oxygens (including phenoxy) is 2. The molecule has 17 heteroatoms. The summed E-state index contributed by atoms with van der Waals surface area (Å²) in [7, 11) is 0. The average molecular weight is 705 g/mol. The molecular weight excluding hydrogens is 674 g/mol. The number of anilines is 1. The van der Waals surface area contributed by atoms with Crippen LogP contribution >= 0.6 is 0 Å². The summed E-state index contributed by atoms with van der Waals surface area (Å²) >= 11 is 0. The maximum Gasteiger partial charge on any atom is 0.416 e. The molecule has 1 unspecified atom stereocenters. The number of aliphatic carboxylic acids is 1. The number of fused-ring (bicyclic) bond motifs is 1. The number of carboxylic acids is 1. The summed E-state index contributed by atoms with van der Waals surface area (Å²) < 4.78 is 95.3. The van der Waals surface area contributed by atoms with Gasteiger partial charge in [0.2, 0.25) is 0 Å². The lowest BCUT2D eigenvalue weighted by Crippen LogP contribution is -2.62. The molecule has 1 aromatic heterocycles. The molecule has 4 rings (SSSR count). The number of carbonyl (C=O) groups excluding carboxylic acids is 1. The highest BCUT2D eigenvalue weighted by molar-refractivity contribution is 5.91.